The van der Waals surface area contributed by atoms with Crippen LogP contribution in [0.25, 0.3) is 0 Å². The fourth-order valence-electron chi connectivity index (χ4n) is 2.87. The predicted molar refractivity (Wildman–Crippen MR) is 84.3 cm³/mol. The molecule has 1 aromatic rings. The number of amidine groups is 1. The zero-order chi connectivity index (χ0) is 16.6. The third-order valence-electron chi connectivity index (χ3n) is 4.00. The molecule has 0 aromatic heterocycles. The number of ether oxygens (including phenoxy) is 1. The Morgan fingerprint density at radius 2 is 2.00 bits per heavy atom. The van der Waals surface area contributed by atoms with Crippen molar-refractivity contribution in [1.82, 2.24) is 15.0 Å². The van der Waals surface area contributed by atoms with Crippen LogP contribution >= 0.6 is 0 Å². The lowest BCUT2D eigenvalue weighted by molar-refractivity contribution is -0.146. The number of esters is 1. The van der Waals surface area contributed by atoms with Gasteiger partial charge in [-0.15, -0.1) is 5.10 Å². The van der Waals surface area contributed by atoms with Crippen LogP contribution < -0.4 is 0 Å². The molecule has 122 valence electrons. The predicted octanol–water partition coefficient (Wildman–Crippen LogP) is 1.66. The van der Waals surface area contributed by atoms with Gasteiger partial charge in [-0.2, -0.15) is 0 Å². The summed E-state index contributed by atoms with van der Waals surface area (Å²) in [5.41, 5.74) is 0.853. The summed E-state index contributed by atoms with van der Waals surface area (Å²) in [5.74, 6) is 0.230. The molecular weight excluding hydrogens is 296 g/mol. The highest BCUT2D eigenvalue weighted by atomic mass is 16.5. The van der Waals surface area contributed by atoms with Gasteiger partial charge < -0.3 is 4.74 Å². The largest absolute Gasteiger partial charge is 0.467 e. The highest BCUT2D eigenvalue weighted by Gasteiger charge is 2.47. The molecule has 0 spiro atoms. The van der Waals surface area contributed by atoms with Crippen LogP contribution in [0, 0.1) is 0 Å². The van der Waals surface area contributed by atoms with E-state index in [1.54, 1.807) is 10.0 Å². The molecule has 2 aliphatic rings. The Morgan fingerprint density at radius 1 is 1.30 bits per heavy atom. The van der Waals surface area contributed by atoms with Gasteiger partial charge in [0.05, 0.1) is 13.2 Å². The zero-order valence-electron chi connectivity index (χ0n) is 13.5. The SMILES string of the molecule is COC(=O)C1CCN2C(=O)N(C(C)C)N=C(c3ccccc3)N12. The number of fused-ring (bicyclic) bond motifs is 1. The highest BCUT2D eigenvalue weighted by Crippen LogP contribution is 2.28. The van der Waals surface area contributed by atoms with Crippen molar-refractivity contribution in [2.45, 2.75) is 32.4 Å². The summed E-state index contributed by atoms with van der Waals surface area (Å²) in [6, 6.07) is 8.74. The summed E-state index contributed by atoms with van der Waals surface area (Å²) in [5, 5.41) is 9.23. The quantitative estimate of drug-likeness (QED) is 0.796. The van der Waals surface area contributed by atoms with Gasteiger partial charge in [-0.25, -0.2) is 24.6 Å². The van der Waals surface area contributed by atoms with Gasteiger partial charge in [0.2, 0.25) is 0 Å². The lowest BCUT2D eigenvalue weighted by atomic mass is 10.1. The lowest BCUT2D eigenvalue weighted by Crippen LogP contribution is -2.59. The molecule has 7 nitrogen and oxygen atoms in total. The summed E-state index contributed by atoms with van der Waals surface area (Å²) < 4.78 is 4.89. The second kappa shape index (κ2) is 5.91. The van der Waals surface area contributed by atoms with Gasteiger partial charge in [-0.3, -0.25) is 0 Å². The van der Waals surface area contributed by atoms with Gasteiger partial charge in [-0.05, 0) is 13.8 Å². The third-order valence-corrected chi connectivity index (χ3v) is 4.00. The number of urea groups is 1. The molecule has 0 aliphatic carbocycles. The summed E-state index contributed by atoms with van der Waals surface area (Å²) in [6.45, 7) is 4.29. The standard InChI is InChI=1S/C16H20N4O3/c1-11(2)19-16(22)18-10-9-13(15(21)23-3)20(18)14(17-19)12-7-5-4-6-8-12/h4-8,11,13H,9-10H2,1-3H3. The van der Waals surface area contributed by atoms with E-state index in [4.69, 9.17) is 4.74 Å². The van der Waals surface area contributed by atoms with Crippen molar-refractivity contribution >= 4 is 17.8 Å². The molecule has 1 unspecified atom stereocenters. The maximum atomic E-state index is 12.6. The molecule has 1 atom stereocenters. The van der Waals surface area contributed by atoms with Gasteiger partial charge in [0, 0.05) is 18.5 Å². The van der Waals surface area contributed by atoms with Crippen LogP contribution in [-0.2, 0) is 9.53 Å². The Hall–Kier alpha value is -2.57. The molecular formula is C16H20N4O3. The van der Waals surface area contributed by atoms with E-state index in [0.29, 0.717) is 18.8 Å². The first-order valence-corrected chi connectivity index (χ1v) is 7.66. The van der Waals surface area contributed by atoms with Crippen LogP contribution in [0.4, 0.5) is 4.79 Å². The van der Waals surface area contributed by atoms with Gasteiger partial charge in [-0.1, -0.05) is 30.3 Å². The minimum atomic E-state index is -0.530. The lowest BCUT2D eigenvalue weighted by Gasteiger charge is -2.41. The van der Waals surface area contributed by atoms with Crippen molar-refractivity contribution in [3.8, 4) is 0 Å². The molecule has 0 saturated carbocycles. The van der Waals surface area contributed by atoms with Crippen LogP contribution in [0.15, 0.2) is 35.4 Å². The molecule has 1 aromatic carbocycles. The number of hydrazine groups is 1. The Labute approximate surface area is 135 Å². The molecule has 1 saturated heterocycles. The Morgan fingerprint density at radius 3 is 2.61 bits per heavy atom. The van der Waals surface area contributed by atoms with Crippen molar-refractivity contribution in [2.75, 3.05) is 13.7 Å². The molecule has 3 rings (SSSR count). The van der Waals surface area contributed by atoms with E-state index in [2.05, 4.69) is 5.10 Å². The molecule has 23 heavy (non-hydrogen) atoms. The number of hydrazone groups is 1. The number of methoxy groups -OCH3 is 1. The summed E-state index contributed by atoms with van der Waals surface area (Å²) in [6.07, 6.45) is 0.524. The van der Waals surface area contributed by atoms with Gasteiger partial charge in [0.25, 0.3) is 0 Å². The molecule has 0 bridgehead atoms. The molecule has 0 radical (unpaired) electrons. The van der Waals surface area contributed by atoms with E-state index in [9.17, 15) is 9.59 Å². The highest BCUT2D eigenvalue weighted by molar-refractivity contribution is 6.03. The number of nitrogens with zero attached hydrogens (tertiary/aromatic N) is 4. The van der Waals surface area contributed by atoms with Gasteiger partial charge >= 0.3 is 12.0 Å². The Balaban J connectivity index is 2.08. The first-order chi connectivity index (χ1) is 11.0. The number of carbonyl (C=O) groups is 2. The fourth-order valence-corrected chi connectivity index (χ4v) is 2.87. The van der Waals surface area contributed by atoms with Crippen molar-refractivity contribution in [3.63, 3.8) is 0 Å². The minimum absolute atomic E-state index is 0.0689. The van der Waals surface area contributed by atoms with Crippen LogP contribution in [0.2, 0.25) is 0 Å². The number of amides is 2. The normalized spacial score (nSPS) is 20.7. The monoisotopic (exact) mass is 316 g/mol. The summed E-state index contributed by atoms with van der Waals surface area (Å²) in [7, 11) is 1.36. The van der Waals surface area contributed by atoms with Crippen LogP contribution in [-0.4, -0.2) is 58.6 Å². The average Bonchev–Trinajstić information content (AvgIpc) is 3.00. The Bertz CT molecular complexity index is 644. The smallest absolute Gasteiger partial charge is 0.359 e. The van der Waals surface area contributed by atoms with Gasteiger partial charge in [0.1, 0.15) is 0 Å². The maximum absolute atomic E-state index is 12.6. The fraction of sp³-hybridized carbons (Fsp3) is 0.438. The van der Waals surface area contributed by atoms with E-state index in [-0.39, 0.29) is 18.0 Å². The number of hydrogen-bond acceptors (Lipinski definition) is 5. The van der Waals surface area contributed by atoms with Crippen molar-refractivity contribution in [1.29, 1.82) is 0 Å². The van der Waals surface area contributed by atoms with Crippen LogP contribution in [0.5, 0.6) is 0 Å². The molecule has 2 heterocycles. The van der Waals surface area contributed by atoms with E-state index in [1.807, 2.05) is 44.2 Å². The van der Waals surface area contributed by atoms with Crippen molar-refractivity contribution < 1.29 is 14.3 Å². The van der Waals surface area contributed by atoms with E-state index >= 15 is 0 Å². The third kappa shape index (κ3) is 2.52. The number of carbonyl (C=O) groups excluding carboxylic acids is 2. The Kier molecular flexibility index (Phi) is 3.94. The number of hydrogen-bond donors (Lipinski definition) is 0. The summed E-state index contributed by atoms with van der Waals surface area (Å²) >= 11 is 0. The molecule has 0 N–H and O–H groups in total. The first kappa shape index (κ1) is 15.3. The van der Waals surface area contributed by atoms with Crippen molar-refractivity contribution in [2.24, 2.45) is 5.10 Å². The zero-order valence-corrected chi connectivity index (χ0v) is 13.5. The van der Waals surface area contributed by atoms with Crippen molar-refractivity contribution in [3.05, 3.63) is 35.9 Å². The molecule has 2 aliphatic heterocycles. The van der Waals surface area contributed by atoms with Gasteiger partial charge in [0.15, 0.2) is 11.9 Å². The minimum Gasteiger partial charge on any atom is -0.467 e. The van der Waals surface area contributed by atoms with E-state index < -0.39 is 6.04 Å². The molecule has 1 fully saturated rings. The van der Waals surface area contributed by atoms with Crippen LogP contribution in [0.1, 0.15) is 25.8 Å². The number of rotatable bonds is 3. The summed E-state index contributed by atoms with van der Waals surface area (Å²) in [4.78, 5) is 24.7. The topological polar surface area (TPSA) is 65.5 Å². The molecule has 7 heteroatoms. The van der Waals surface area contributed by atoms with E-state index in [0.717, 1.165) is 5.56 Å². The average molecular weight is 316 g/mol. The van der Waals surface area contributed by atoms with Crippen LogP contribution in [0.3, 0.4) is 0 Å². The molecule has 2 amide bonds. The number of benzene rings is 1. The second-order valence-corrected chi connectivity index (χ2v) is 5.81. The first-order valence-electron chi connectivity index (χ1n) is 7.66. The second-order valence-electron chi connectivity index (χ2n) is 5.81. The van der Waals surface area contributed by atoms with E-state index in [1.165, 1.54) is 12.1 Å². The maximum Gasteiger partial charge on any atom is 0.359 e.